The molecule has 1 saturated heterocycles. The van der Waals surface area contributed by atoms with Gasteiger partial charge in [0.2, 0.25) is 15.9 Å². The highest BCUT2D eigenvalue weighted by Gasteiger charge is 2.25. The van der Waals surface area contributed by atoms with Gasteiger partial charge < -0.3 is 10.1 Å². The molecule has 6 nitrogen and oxygen atoms in total. The largest absolute Gasteiger partial charge is 0.379 e. The van der Waals surface area contributed by atoms with Crippen LogP contribution in [0.2, 0.25) is 0 Å². The number of sulfonamides is 1. The standard InChI is InChI=1S/C19H28N2O4S/c1-2-3-4-5-12-20-19(22)11-8-17-6-9-18(10-7-17)26(23,24)21-13-15-25-16-14-21/h6-11H,2-5,12-16H2,1H3,(H,20,22). The van der Waals surface area contributed by atoms with Gasteiger partial charge in [-0.2, -0.15) is 4.31 Å². The fraction of sp³-hybridized carbons (Fsp3) is 0.526. The fourth-order valence-corrected chi connectivity index (χ4v) is 4.09. The fourth-order valence-electron chi connectivity index (χ4n) is 2.68. The maximum Gasteiger partial charge on any atom is 0.243 e. The molecular weight excluding hydrogens is 352 g/mol. The first-order valence-corrected chi connectivity index (χ1v) is 10.6. The average molecular weight is 381 g/mol. The first-order chi connectivity index (χ1) is 12.5. The van der Waals surface area contributed by atoms with Crippen molar-refractivity contribution in [2.75, 3.05) is 32.8 Å². The Morgan fingerprint density at radius 3 is 2.50 bits per heavy atom. The van der Waals surface area contributed by atoms with Crippen molar-refractivity contribution in [3.05, 3.63) is 35.9 Å². The summed E-state index contributed by atoms with van der Waals surface area (Å²) in [6.45, 7) is 4.44. The summed E-state index contributed by atoms with van der Waals surface area (Å²) in [6, 6.07) is 6.57. The zero-order valence-corrected chi connectivity index (χ0v) is 16.1. The van der Waals surface area contributed by atoms with Crippen molar-refractivity contribution < 1.29 is 17.9 Å². The Labute approximate surface area is 156 Å². The minimum Gasteiger partial charge on any atom is -0.379 e. The molecule has 0 saturated carbocycles. The summed E-state index contributed by atoms with van der Waals surface area (Å²) < 4.78 is 31.7. The van der Waals surface area contributed by atoms with Gasteiger partial charge in [-0.25, -0.2) is 8.42 Å². The molecule has 0 aromatic heterocycles. The van der Waals surface area contributed by atoms with Gasteiger partial charge in [0, 0.05) is 25.7 Å². The molecule has 2 rings (SSSR count). The quantitative estimate of drug-likeness (QED) is 0.527. The molecule has 0 radical (unpaired) electrons. The van der Waals surface area contributed by atoms with Crippen LogP contribution < -0.4 is 5.32 Å². The number of ether oxygens (including phenoxy) is 1. The molecule has 1 N–H and O–H groups in total. The maximum atomic E-state index is 12.5. The minimum atomic E-state index is -3.48. The molecule has 0 aliphatic carbocycles. The lowest BCUT2D eigenvalue weighted by Gasteiger charge is -2.26. The second kappa shape index (κ2) is 10.4. The SMILES string of the molecule is CCCCCCNC(=O)C=Cc1ccc(S(=O)(=O)N2CCOCC2)cc1. The summed E-state index contributed by atoms with van der Waals surface area (Å²) in [4.78, 5) is 12.0. The van der Waals surface area contributed by atoms with E-state index in [1.807, 2.05) is 0 Å². The molecule has 7 heteroatoms. The van der Waals surface area contributed by atoms with Gasteiger partial charge in [0.25, 0.3) is 0 Å². The first kappa shape index (κ1) is 20.6. The van der Waals surface area contributed by atoms with Gasteiger partial charge in [-0.05, 0) is 30.2 Å². The van der Waals surface area contributed by atoms with Crippen molar-refractivity contribution in [1.82, 2.24) is 9.62 Å². The zero-order valence-electron chi connectivity index (χ0n) is 15.3. The summed E-state index contributed by atoms with van der Waals surface area (Å²) in [6.07, 6.45) is 7.63. The van der Waals surface area contributed by atoms with Gasteiger partial charge in [-0.3, -0.25) is 4.79 Å². The third-order valence-corrected chi connectivity index (χ3v) is 6.16. The number of unbranched alkanes of at least 4 members (excludes halogenated alkanes) is 3. The van der Waals surface area contributed by atoms with E-state index in [0.29, 0.717) is 32.8 Å². The Kier molecular flexibility index (Phi) is 8.28. The number of benzene rings is 1. The Bertz CT molecular complexity index is 693. The zero-order chi connectivity index (χ0) is 18.8. The highest BCUT2D eigenvalue weighted by Crippen LogP contribution is 2.18. The van der Waals surface area contributed by atoms with Crippen LogP contribution in [0.4, 0.5) is 0 Å². The summed E-state index contributed by atoms with van der Waals surface area (Å²) in [5.41, 5.74) is 0.784. The van der Waals surface area contributed by atoms with Gasteiger partial charge in [-0.1, -0.05) is 38.3 Å². The number of nitrogens with zero attached hydrogens (tertiary/aromatic N) is 1. The predicted octanol–water partition coefficient (Wildman–Crippen LogP) is 2.42. The lowest BCUT2D eigenvalue weighted by atomic mass is 10.2. The van der Waals surface area contributed by atoms with Crippen LogP contribution in [0.3, 0.4) is 0 Å². The number of rotatable bonds is 9. The summed E-state index contributed by atoms with van der Waals surface area (Å²) >= 11 is 0. The topological polar surface area (TPSA) is 75.7 Å². The van der Waals surface area contributed by atoms with Gasteiger partial charge in [-0.15, -0.1) is 0 Å². The van der Waals surface area contributed by atoms with Crippen molar-refractivity contribution in [3.8, 4) is 0 Å². The first-order valence-electron chi connectivity index (χ1n) is 9.18. The number of carbonyl (C=O) groups excluding carboxylic acids is 1. The van der Waals surface area contributed by atoms with Crippen molar-refractivity contribution in [3.63, 3.8) is 0 Å². The Morgan fingerprint density at radius 1 is 1.15 bits per heavy atom. The Balaban J connectivity index is 1.87. The molecule has 144 valence electrons. The van der Waals surface area contributed by atoms with Crippen LogP contribution in [0.25, 0.3) is 6.08 Å². The number of nitrogens with one attached hydrogen (secondary N) is 1. The highest BCUT2D eigenvalue weighted by atomic mass is 32.2. The number of hydrogen-bond donors (Lipinski definition) is 1. The maximum absolute atomic E-state index is 12.5. The van der Waals surface area contributed by atoms with E-state index in [9.17, 15) is 13.2 Å². The van der Waals surface area contributed by atoms with E-state index >= 15 is 0 Å². The average Bonchev–Trinajstić information content (AvgIpc) is 2.67. The van der Waals surface area contributed by atoms with Crippen LogP contribution in [-0.2, 0) is 19.6 Å². The van der Waals surface area contributed by atoms with E-state index in [0.717, 1.165) is 18.4 Å². The molecule has 1 aliphatic heterocycles. The summed E-state index contributed by atoms with van der Waals surface area (Å²) in [7, 11) is -3.48. The molecule has 0 bridgehead atoms. The predicted molar refractivity (Wildman–Crippen MR) is 102 cm³/mol. The van der Waals surface area contributed by atoms with Gasteiger partial charge in [0.15, 0.2) is 0 Å². The normalized spacial score (nSPS) is 16.0. The lowest BCUT2D eigenvalue weighted by molar-refractivity contribution is -0.116. The monoisotopic (exact) mass is 380 g/mol. The third-order valence-electron chi connectivity index (χ3n) is 4.24. The second-order valence-corrected chi connectivity index (χ2v) is 8.21. The van der Waals surface area contributed by atoms with Gasteiger partial charge in [0.1, 0.15) is 0 Å². The number of hydrogen-bond acceptors (Lipinski definition) is 4. The van der Waals surface area contributed by atoms with Crippen molar-refractivity contribution in [2.24, 2.45) is 0 Å². The van der Waals surface area contributed by atoms with Crippen molar-refractivity contribution in [2.45, 2.75) is 37.5 Å². The number of morpholine rings is 1. The smallest absolute Gasteiger partial charge is 0.243 e. The van der Waals surface area contributed by atoms with Crippen LogP contribution in [-0.4, -0.2) is 51.5 Å². The molecular formula is C19H28N2O4S. The van der Waals surface area contributed by atoms with Crippen molar-refractivity contribution in [1.29, 1.82) is 0 Å². The molecule has 0 atom stereocenters. The van der Waals surface area contributed by atoms with E-state index in [-0.39, 0.29) is 10.8 Å². The minimum absolute atomic E-state index is 0.133. The van der Waals surface area contributed by atoms with E-state index in [1.54, 1.807) is 30.3 Å². The molecule has 1 heterocycles. The number of carbonyl (C=O) groups is 1. The third kappa shape index (κ3) is 6.23. The highest BCUT2D eigenvalue weighted by molar-refractivity contribution is 7.89. The van der Waals surface area contributed by atoms with E-state index in [1.165, 1.54) is 23.2 Å². The molecule has 0 spiro atoms. The van der Waals surface area contributed by atoms with Crippen LogP contribution in [0, 0.1) is 0 Å². The van der Waals surface area contributed by atoms with E-state index < -0.39 is 10.0 Å². The van der Waals surface area contributed by atoms with E-state index in [2.05, 4.69) is 12.2 Å². The van der Waals surface area contributed by atoms with Crippen LogP contribution in [0.15, 0.2) is 35.2 Å². The molecule has 1 fully saturated rings. The molecule has 1 aromatic rings. The second-order valence-electron chi connectivity index (χ2n) is 6.27. The molecule has 1 amide bonds. The number of amides is 1. The Hall–Kier alpha value is -1.70. The Morgan fingerprint density at radius 2 is 1.85 bits per heavy atom. The molecule has 1 aromatic carbocycles. The molecule has 26 heavy (non-hydrogen) atoms. The summed E-state index contributed by atoms with van der Waals surface area (Å²) in [5.74, 6) is -0.133. The van der Waals surface area contributed by atoms with Gasteiger partial charge in [0.05, 0.1) is 18.1 Å². The molecule has 0 unspecified atom stereocenters. The van der Waals surface area contributed by atoms with Crippen molar-refractivity contribution >= 4 is 22.0 Å². The van der Waals surface area contributed by atoms with Gasteiger partial charge >= 0.3 is 0 Å². The van der Waals surface area contributed by atoms with Crippen LogP contribution >= 0.6 is 0 Å². The van der Waals surface area contributed by atoms with Crippen LogP contribution in [0.5, 0.6) is 0 Å². The lowest BCUT2D eigenvalue weighted by Crippen LogP contribution is -2.40. The molecule has 1 aliphatic rings. The van der Waals surface area contributed by atoms with Crippen LogP contribution in [0.1, 0.15) is 38.2 Å². The summed E-state index contributed by atoms with van der Waals surface area (Å²) in [5, 5.41) is 2.85. The van der Waals surface area contributed by atoms with E-state index in [4.69, 9.17) is 4.74 Å².